The highest BCUT2D eigenvalue weighted by molar-refractivity contribution is 14.0. The Morgan fingerprint density at radius 1 is 1.15 bits per heavy atom. The van der Waals surface area contributed by atoms with Crippen molar-refractivity contribution in [3.8, 4) is 0 Å². The standard InChI is InChI=1S/C20H34N4O.HI/c1-17-9-12-24(13-10-17)16-19-7-5-18(6-8-19)15-23-20(21-2)22-11-4-14-25-3;/h5-8,17H,4,9-16H2,1-3H3,(H2,21,22,23);1H. The summed E-state index contributed by atoms with van der Waals surface area (Å²) in [7, 11) is 3.52. The fourth-order valence-corrected chi connectivity index (χ4v) is 3.07. The molecule has 0 unspecified atom stereocenters. The molecule has 1 fully saturated rings. The van der Waals surface area contributed by atoms with E-state index >= 15 is 0 Å². The number of hydrogen-bond acceptors (Lipinski definition) is 3. The van der Waals surface area contributed by atoms with E-state index in [4.69, 9.17) is 4.74 Å². The Morgan fingerprint density at radius 3 is 2.42 bits per heavy atom. The van der Waals surface area contributed by atoms with E-state index in [0.29, 0.717) is 0 Å². The Balaban J connectivity index is 0.00000338. The van der Waals surface area contributed by atoms with Gasteiger partial charge in [0.1, 0.15) is 0 Å². The summed E-state index contributed by atoms with van der Waals surface area (Å²) in [5, 5.41) is 6.65. The number of halogens is 1. The lowest BCUT2D eigenvalue weighted by molar-refractivity contribution is 0.185. The number of ether oxygens (including phenoxy) is 1. The van der Waals surface area contributed by atoms with Crippen molar-refractivity contribution in [3.05, 3.63) is 35.4 Å². The van der Waals surface area contributed by atoms with Gasteiger partial charge in [0, 0.05) is 40.4 Å². The van der Waals surface area contributed by atoms with Crippen LogP contribution in [0.1, 0.15) is 37.3 Å². The molecule has 1 aromatic rings. The van der Waals surface area contributed by atoms with Crippen molar-refractivity contribution < 1.29 is 4.74 Å². The number of aliphatic imine (C=N–C) groups is 1. The molecule has 2 rings (SSSR count). The van der Waals surface area contributed by atoms with Crippen LogP contribution in [0.15, 0.2) is 29.3 Å². The van der Waals surface area contributed by atoms with E-state index in [9.17, 15) is 0 Å². The summed E-state index contributed by atoms with van der Waals surface area (Å²) in [5.41, 5.74) is 2.68. The molecule has 0 aromatic heterocycles. The number of benzene rings is 1. The van der Waals surface area contributed by atoms with Gasteiger partial charge in [-0.25, -0.2) is 0 Å². The molecule has 1 saturated heterocycles. The first kappa shape index (κ1) is 23.2. The number of rotatable bonds is 8. The lowest BCUT2D eigenvalue weighted by atomic mass is 9.99. The van der Waals surface area contributed by atoms with E-state index < -0.39 is 0 Å². The van der Waals surface area contributed by atoms with Gasteiger partial charge in [-0.2, -0.15) is 0 Å². The van der Waals surface area contributed by atoms with Crippen molar-refractivity contribution in [2.24, 2.45) is 10.9 Å². The quantitative estimate of drug-likeness (QED) is 0.263. The van der Waals surface area contributed by atoms with E-state index in [1.54, 1.807) is 14.2 Å². The summed E-state index contributed by atoms with van der Waals surface area (Å²) < 4.78 is 5.05. The fourth-order valence-electron chi connectivity index (χ4n) is 3.07. The van der Waals surface area contributed by atoms with E-state index in [-0.39, 0.29) is 24.0 Å². The van der Waals surface area contributed by atoms with Crippen molar-refractivity contribution in [1.29, 1.82) is 0 Å². The number of piperidine rings is 1. The average Bonchev–Trinajstić information content (AvgIpc) is 2.64. The third-order valence-corrected chi connectivity index (χ3v) is 4.81. The van der Waals surface area contributed by atoms with Crippen LogP contribution in [0.25, 0.3) is 0 Å². The summed E-state index contributed by atoms with van der Waals surface area (Å²) in [4.78, 5) is 6.82. The third-order valence-electron chi connectivity index (χ3n) is 4.81. The molecule has 0 aliphatic carbocycles. The minimum atomic E-state index is 0. The molecular formula is C20H35IN4O. The first-order valence-electron chi connectivity index (χ1n) is 9.45. The number of likely N-dealkylation sites (tertiary alicyclic amines) is 1. The molecule has 1 aromatic carbocycles. The second kappa shape index (κ2) is 13.3. The molecule has 148 valence electrons. The Labute approximate surface area is 176 Å². The molecule has 0 saturated carbocycles. The second-order valence-electron chi connectivity index (χ2n) is 6.97. The molecular weight excluding hydrogens is 439 g/mol. The van der Waals surface area contributed by atoms with Crippen LogP contribution in [-0.2, 0) is 17.8 Å². The maximum atomic E-state index is 5.05. The normalized spacial score (nSPS) is 16.2. The number of nitrogens with one attached hydrogen (secondary N) is 2. The Morgan fingerprint density at radius 2 is 1.81 bits per heavy atom. The third kappa shape index (κ3) is 8.68. The van der Waals surface area contributed by atoms with Crippen LogP contribution in [0.5, 0.6) is 0 Å². The molecule has 6 heteroatoms. The Bertz CT molecular complexity index is 513. The average molecular weight is 474 g/mol. The maximum Gasteiger partial charge on any atom is 0.191 e. The van der Waals surface area contributed by atoms with E-state index in [0.717, 1.165) is 44.5 Å². The van der Waals surface area contributed by atoms with Gasteiger partial charge in [-0.1, -0.05) is 31.2 Å². The van der Waals surface area contributed by atoms with Crippen LogP contribution in [0, 0.1) is 5.92 Å². The van der Waals surface area contributed by atoms with Crippen molar-refractivity contribution in [1.82, 2.24) is 15.5 Å². The number of methoxy groups -OCH3 is 1. The van der Waals surface area contributed by atoms with Gasteiger partial charge in [-0.05, 0) is 49.4 Å². The Kier molecular flexibility index (Phi) is 11.9. The van der Waals surface area contributed by atoms with Gasteiger partial charge in [0.2, 0.25) is 0 Å². The maximum absolute atomic E-state index is 5.05. The SMILES string of the molecule is CN=C(NCCCOC)NCc1ccc(CN2CCC(C)CC2)cc1.I. The first-order chi connectivity index (χ1) is 12.2. The molecule has 2 N–H and O–H groups in total. The van der Waals surface area contributed by atoms with Gasteiger partial charge in [0.15, 0.2) is 5.96 Å². The zero-order valence-electron chi connectivity index (χ0n) is 16.5. The molecule has 5 nitrogen and oxygen atoms in total. The molecule has 0 radical (unpaired) electrons. The highest BCUT2D eigenvalue weighted by atomic mass is 127. The molecule has 1 heterocycles. The second-order valence-corrected chi connectivity index (χ2v) is 6.97. The van der Waals surface area contributed by atoms with Gasteiger partial charge in [-0.3, -0.25) is 9.89 Å². The minimum absolute atomic E-state index is 0. The number of guanidine groups is 1. The summed E-state index contributed by atoms with van der Waals surface area (Å²) in [6.07, 6.45) is 3.64. The van der Waals surface area contributed by atoms with Crippen molar-refractivity contribution in [2.45, 2.75) is 39.3 Å². The summed E-state index contributed by atoms with van der Waals surface area (Å²) in [5.74, 6) is 1.73. The highest BCUT2D eigenvalue weighted by Gasteiger charge is 2.15. The molecule has 0 spiro atoms. The van der Waals surface area contributed by atoms with Crippen LogP contribution in [0.2, 0.25) is 0 Å². The van der Waals surface area contributed by atoms with Gasteiger partial charge >= 0.3 is 0 Å². The summed E-state index contributed by atoms with van der Waals surface area (Å²) in [6.45, 7) is 8.31. The van der Waals surface area contributed by atoms with Gasteiger partial charge < -0.3 is 15.4 Å². The fraction of sp³-hybridized carbons (Fsp3) is 0.650. The van der Waals surface area contributed by atoms with Crippen molar-refractivity contribution in [3.63, 3.8) is 0 Å². The van der Waals surface area contributed by atoms with E-state index in [1.807, 2.05) is 0 Å². The molecule has 1 aliphatic rings. The number of nitrogens with zero attached hydrogens (tertiary/aromatic N) is 2. The summed E-state index contributed by atoms with van der Waals surface area (Å²) >= 11 is 0. The zero-order valence-corrected chi connectivity index (χ0v) is 18.8. The lowest BCUT2D eigenvalue weighted by Gasteiger charge is -2.30. The first-order valence-corrected chi connectivity index (χ1v) is 9.45. The predicted octanol–water partition coefficient (Wildman–Crippen LogP) is 3.24. The van der Waals surface area contributed by atoms with Crippen LogP contribution in [-0.4, -0.2) is 51.3 Å². The molecule has 1 aliphatic heterocycles. The van der Waals surface area contributed by atoms with E-state index in [2.05, 4.69) is 51.7 Å². The minimum Gasteiger partial charge on any atom is -0.385 e. The molecule has 0 atom stereocenters. The Hall–Kier alpha value is -0.860. The van der Waals surface area contributed by atoms with E-state index in [1.165, 1.54) is 37.1 Å². The molecule has 26 heavy (non-hydrogen) atoms. The predicted molar refractivity (Wildman–Crippen MR) is 120 cm³/mol. The van der Waals surface area contributed by atoms with Crippen LogP contribution in [0.3, 0.4) is 0 Å². The molecule has 0 bridgehead atoms. The zero-order chi connectivity index (χ0) is 17.9. The van der Waals surface area contributed by atoms with Crippen LogP contribution < -0.4 is 10.6 Å². The number of hydrogen-bond donors (Lipinski definition) is 2. The largest absolute Gasteiger partial charge is 0.385 e. The monoisotopic (exact) mass is 474 g/mol. The van der Waals surface area contributed by atoms with Crippen LogP contribution >= 0.6 is 24.0 Å². The lowest BCUT2D eigenvalue weighted by Crippen LogP contribution is -2.37. The van der Waals surface area contributed by atoms with Crippen molar-refractivity contribution >= 4 is 29.9 Å². The van der Waals surface area contributed by atoms with Crippen molar-refractivity contribution in [2.75, 3.05) is 40.4 Å². The van der Waals surface area contributed by atoms with Gasteiger partial charge in [-0.15, -0.1) is 24.0 Å². The topological polar surface area (TPSA) is 48.9 Å². The molecule has 0 amide bonds. The highest BCUT2D eigenvalue weighted by Crippen LogP contribution is 2.18. The summed E-state index contributed by atoms with van der Waals surface area (Å²) in [6, 6.07) is 8.94. The smallest absolute Gasteiger partial charge is 0.191 e. The van der Waals surface area contributed by atoms with Gasteiger partial charge in [0.05, 0.1) is 0 Å². The van der Waals surface area contributed by atoms with Crippen LogP contribution in [0.4, 0.5) is 0 Å². The van der Waals surface area contributed by atoms with Gasteiger partial charge in [0.25, 0.3) is 0 Å².